The van der Waals surface area contributed by atoms with Gasteiger partial charge in [-0.25, -0.2) is 0 Å². The molecule has 0 atom stereocenters. The summed E-state index contributed by atoms with van der Waals surface area (Å²) in [4.78, 5) is 15.3. The molecule has 116 valence electrons. The van der Waals surface area contributed by atoms with Crippen LogP contribution in [0.3, 0.4) is 0 Å². The molecule has 0 bridgehead atoms. The van der Waals surface area contributed by atoms with Gasteiger partial charge in [0.05, 0.1) is 0 Å². The Kier molecular flexibility index (Phi) is 4.86. The molecule has 0 aliphatic rings. The Balaban J connectivity index is 2.01. The van der Waals surface area contributed by atoms with Gasteiger partial charge < -0.3 is 0 Å². The molecule has 0 saturated heterocycles. The number of alkyl halides is 3. The summed E-state index contributed by atoms with van der Waals surface area (Å²) < 4.78 is 37.2. The van der Waals surface area contributed by atoms with E-state index < -0.39 is 11.9 Å². The number of carbonyl (C=O) groups excluding carboxylic acids is 1. The average molecular weight is 328 g/mol. The van der Waals surface area contributed by atoms with Crippen LogP contribution in [0.2, 0.25) is 5.02 Å². The van der Waals surface area contributed by atoms with Crippen LogP contribution in [0.1, 0.15) is 22.4 Å². The summed E-state index contributed by atoms with van der Waals surface area (Å²) in [5.74, 6) is -0.110. The Labute approximate surface area is 130 Å². The van der Waals surface area contributed by atoms with Crippen molar-refractivity contribution in [2.45, 2.75) is 25.9 Å². The average Bonchev–Trinajstić information content (AvgIpc) is 2.42. The highest BCUT2D eigenvalue weighted by atomic mass is 35.5. The van der Waals surface area contributed by atoms with E-state index in [1.54, 1.807) is 6.07 Å². The van der Waals surface area contributed by atoms with Gasteiger partial charge in [0.25, 0.3) is 0 Å². The predicted molar refractivity (Wildman–Crippen MR) is 77.8 cm³/mol. The number of aromatic nitrogens is 1. The molecule has 1 heterocycles. The van der Waals surface area contributed by atoms with Crippen molar-refractivity contribution in [1.82, 2.24) is 4.98 Å². The number of ketones is 1. The first-order chi connectivity index (χ1) is 10.3. The minimum absolute atomic E-state index is 0.0383. The van der Waals surface area contributed by atoms with Crippen LogP contribution in [0, 0.1) is 6.92 Å². The fraction of sp³-hybridized carbons (Fsp3) is 0.250. The van der Waals surface area contributed by atoms with Crippen molar-refractivity contribution in [3.63, 3.8) is 0 Å². The van der Waals surface area contributed by atoms with Crippen LogP contribution < -0.4 is 0 Å². The number of hydrogen-bond donors (Lipinski definition) is 0. The fourth-order valence-corrected chi connectivity index (χ4v) is 2.16. The number of nitrogens with zero attached hydrogens (tertiary/aromatic N) is 1. The smallest absolute Gasteiger partial charge is 0.299 e. The normalized spacial score (nSPS) is 11.5. The third kappa shape index (κ3) is 4.31. The van der Waals surface area contributed by atoms with Crippen LogP contribution >= 0.6 is 11.6 Å². The molecule has 2 nitrogen and oxygen atoms in total. The Morgan fingerprint density at radius 2 is 1.77 bits per heavy atom. The van der Waals surface area contributed by atoms with Crippen LogP contribution in [-0.2, 0) is 23.8 Å². The highest BCUT2D eigenvalue weighted by molar-refractivity contribution is 6.31. The lowest BCUT2D eigenvalue weighted by molar-refractivity contribution is -0.141. The van der Waals surface area contributed by atoms with E-state index in [2.05, 4.69) is 4.98 Å². The number of pyridine rings is 1. The first-order valence-electron chi connectivity index (χ1n) is 6.54. The maximum atomic E-state index is 12.4. The van der Waals surface area contributed by atoms with Crippen molar-refractivity contribution in [2.24, 2.45) is 0 Å². The lowest BCUT2D eigenvalue weighted by Gasteiger charge is -2.07. The number of aryl methyl sites for hydroxylation is 1. The molecule has 0 aliphatic carbocycles. The van der Waals surface area contributed by atoms with Gasteiger partial charge in [0.15, 0.2) is 0 Å². The molecule has 0 amide bonds. The maximum absolute atomic E-state index is 12.4. The van der Waals surface area contributed by atoms with Crippen molar-refractivity contribution in [2.75, 3.05) is 0 Å². The highest BCUT2D eigenvalue weighted by Gasteiger charge is 2.32. The van der Waals surface area contributed by atoms with Crippen LogP contribution in [0.5, 0.6) is 0 Å². The second-order valence-electron chi connectivity index (χ2n) is 5.03. The third-order valence-corrected chi connectivity index (χ3v) is 3.56. The summed E-state index contributed by atoms with van der Waals surface area (Å²) >= 11 is 5.99. The second-order valence-corrected chi connectivity index (χ2v) is 5.43. The quantitative estimate of drug-likeness (QED) is 0.832. The molecule has 6 heteroatoms. The molecule has 22 heavy (non-hydrogen) atoms. The van der Waals surface area contributed by atoms with Crippen molar-refractivity contribution in [3.05, 3.63) is 63.9 Å². The molecular weight excluding hydrogens is 315 g/mol. The molecule has 0 unspecified atom stereocenters. The van der Waals surface area contributed by atoms with Gasteiger partial charge in [0.1, 0.15) is 11.5 Å². The fourth-order valence-electron chi connectivity index (χ4n) is 1.96. The molecule has 0 fully saturated rings. The van der Waals surface area contributed by atoms with Crippen LogP contribution in [0.15, 0.2) is 36.5 Å². The van der Waals surface area contributed by atoms with Gasteiger partial charge in [-0.2, -0.15) is 13.2 Å². The minimum Gasteiger partial charge on any atom is -0.299 e. The number of rotatable bonds is 4. The topological polar surface area (TPSA) is 30.0 Å². The number of carbonyl (C=O) groups is 1. The van der Waals surface area contributed by atoms with E-state index in [9.17, 15) is 18.0 Å². The van der Waals surface area contributed by atoms with Gasteiger partial charge in [0, 0.05) is 24.1 Å². The van der Waals surface area contributed by atoms with Crippen molar-refractivity contribution >= 4 is 17.4 Å². The zero-order valence-electron chi connectivity index (χ0n) is 11.7. The zero-order chi connectivity index (χ0) is 16.3. The Hall–Kier alpha value is -1.88. The highest BCUT2D eigenvalue weighted by Crippen LogP contribution is 2.27. The first-order valence-corrected chi connectivity index (χ1v) is 6.92. The molecule has 2 aromatic rings. The molecular formula is C16H13ClF3NO. The van der Waals surface area contributed by atoms with Gasteiger partial charge >= 0.3 is 6.18 Å². The summed E-state index contributed by atoms with van der Waals surface area (Å²) in [6.45, 7) is 1.86. The number of benzene rings is 1. The van der Waals surface area contributed by atoms with Crippen molar-refractivity contribution < 1.29 is 18.0 Å². The zero-order valence-corrected chi connectivity index (χ0v) is 12.5. The van der Waals surface area contributed by atoms with E-state index in [1.807, 2.05) is 19.1 Å². The predicted octanol–water partition coefficient (Wildman–Crippen LogP) is 4.42. The Bertz CT molecular complexity index is 681. The molecule has 0 spiro atoms. The van der Waals surface area contributed by atoms with Crippen molar-refractivity contribution in [1.29, 1.82) is 0 Å². The van der Waals surface area contributed by atoms with Gasteiger partial charge in [0.2, 0.25) is 0 Å². The molecule has 0 N–H and O–H groups in total. The van der Waals surface area contributed by atoms with Gasteiger partial charge in [-0.15, -0.1) is 0 Å². The monoisotopic (exact) mass is 327 g/mol. The van der Waals surface area contributed by atoms with Crippen LogP contribution in [-0.4, -0.2) is 10.8 Å². The summed E-state index contributed by atoms with van der Waals surface area (Å²) in [5, 5.41) is 0.585. The van der Waals surface area contributed by atoms with E-state index in [1.165, 1.54) is 6.07 Å². The Morgan fingerprint density at radius 3 is 2.32 bits per heavy atom. The Morgan fingerprint density at radius 1 is 1.14 bits per heavy atom. The molecule has 0 saturated carbocycles. The molecule has 0 radical (unpaired) electrons. The van der Waals surface area contributed by atoms with E-state index in [-0.39, 0.29) is 18.6 Å². The summed E-state index contributed by atoms with van der Waals surface area (Å²) in [6.07, 6.45) is -3.16. The van der Waals surface area contributed by atoms with E-state index >= 15 is 0 Å². The van der Waals surface area contributed by atoms with Crippen LogP contribution in [0.25, 0.3) is 0 Å². The SMILES string of the molecule is Cc1ccc(CC(=O)Cc2ccc(C(F)(F)F)nc2)cc1Cl. The first kappa shape index (κ1) is 16.5. The number of hydrogen-bond acceptors (Lipinski definition) is 2. The lowest BCUT2D eigenvalue weighted by Crippen LogP contribution is -2.10. The molecule has 0 aliphatic heterocycles. The van der Waals surface area contributed by atoms with Crippen molar-refractivity contribution in [3.8, 4) is 0 Å². The molecule has 1 aromatic heterocycles. The maximum Gasteiger partial charge on any atom is 0.433 e. The van der Waals surface area contributed by atoms with Gasteiger partial charge in [-0.1, -0.05) is 29.8 Å². The summed E-state index contributed by atoms with van der Waals surface area (Å²) in [5.41, 5.74) is 1.19. The van der Waals surface area contributed by atoms with Gasteiger partial charge in [-0.3, -0.25) is 9.78 Å². The number of Topliss-reactive ketones (excluding diaryl/α,β-unsaturated/α-hetero) is 1. The largest absolute Gasteiger partial charge is 0.433 e. The lowest BCUT2D eigenvalue weighted by atomic mass is 10.0. The number of halogens is 4. The minimum atomic E-state index is -4.47. The van der Waals surface area contributed by atoms with Gasteiger partial charge in [-0.05, 0) is 35.7 Å². The molecule has 1 aromatic carbocycles. The second kappa shape index (κ2) is 6.48. The van der Waals surface area contributed by atoms with E-state index in [0.717, 1.165) is 23.4 Å². The summed E-state index contributed by atoms with van der Waals surface area (Å²) in [6, 6.07) is 7.51. The standard InChI is InChI=1S/C16H13ClF3NO/c1-10-2-3-11(8-14(10)17)6-13(22)7-12-4-5-15(21-9-12)16(18,19)20/h2-5,8-9H,6-7H2,1H3. The summed E-state index contributed by atoms with van der Waals surface area (Å²) in [7, 11) is 0. The third-order valence-electron chi connectivity index (χ3n) is 3.15. The molecule has 2 rings (SSSR count). The van der Waals surface area contributed by atoms with Crippen LogP contribution in [0.4, 0.5) is 13.2 Å². The van der Waals surface area contributed by atoms with E-state index in [4.69, 9.17) is 11.6 Å². The van der Waals surface area contributed by atoms with E-state index in [0.29, 0.717) is 10.6 Å².